The van der Waals surface area contributed by atoms with Gasteiger partial charge in [0.1, 0.15) is 0 Å². The average Bonchev–Trinajstić information content (AvgIpc) is 2.44. The molecule has 1 heterocycles. The molecule has 0 fully saturated rings. The number of rotatable bonds is 1. The Kier molecular flexibility index (Phi) is 1.89. The zero-order valence-corrected chi connectivity index (χ0v) is 7.86. The number of fused-ring (bicyclic) bond motifs is 1. The predicted octanol–water partition coefficient (Wildman–Crippen LogP) is 1.89. The molecular weight excluding hydrogens is 170 g/mol. The van der Waals surface area contributed by atoms with Gasteiger partial charge in [0.25, 0.3) is 5.56 Å². The summed E-state index contributed by atoms with van der Waals surface area (Å²) in [5, 5.41) is 0. The van der Waals surface area contributed by atoms with Gasteiger partial charge in [0.15, 0.2) is 0 Å². The van der Waals surface area contributed by atoms with E-state index in [9.17, 15) is 4.79 Å². The largest absolute Gasteiger partial charge is 0.268 e. The number of aromatic nitrogens is 1. The van der Waals surface area contributed by atoms with Gasteiger partial charge in [0, 0.05) is 11.4 Å². The molecule has 0 aromatic carbocycles. The molecule has 1 aliphatic rings. The van der Waals surface area contributed by atoms with Crippen LogP contribution in [0, 0.1) is 0 Å². The summed E-state index contributed by atoms with van der Waals surface area (Å²) < 4.78 is 1.82. The second-order valence-corrected chi connectivity index (χ2v) is 3.99. The monoisotopic (exact) mass is 181 g/mol. The molecule has 1 aromatic heterocycles. The highest BCUT2D eigenvalue weighted by Crippen LogP contribution is 2.20. The summed E-state index contributed by atoms with van der Waals surface area (Å²) in [5.74, 6) is 0. The molecule has 0 N–H and O–H groups in total. The van der Waals surface area contributed by atoms with Crippen molar-refractivity contribution >= 4 is 17.6 Å². The Balaban J connectivity index is 2.61. The van der Waals surface area contributed by atoms with Gasteiger partial charge in [0.05, 0.1) is 5.56 Å². The van der Waals surface area contributed by atoms with E-state index >= 15 is 0 Å². The van der Waals surface area contributed by atoms with Crippen molar-refractivity contribution in [2.24, 2.45) is 0 Å². The third kappa shape index (κ3) is 1.05. The van der Waals surface area contributed by atoms with Crippen LogP contribution in [0.5, 0.6) is 0 Å². The first-order chi connectivity index (χ1) is 5.83. The summed E-state index contributed by atoms with van der Waals surface area (Å²) in [6, 6.07) is 0. The standard InChI is InChI=1S/C9H11NOS/c1-2-10-9(11)7-5-3-4-6-8(7)12-10/h3,5H,2,4,6H2,1H3. The van der Waals surface area contributed by atoms with Gasteiger partial charge in [-0.15, -0.1) is 0 Å². The van der Waals surface area contributed by atoms with Gasteiger partial charge in [-0.25, -0.2) is 0 Å². The van der Waals surface area contributed by atoms with Gasteiger partial charge in [-0.3, -0.25) is 8.75 Å². The van der Waals surface area contributed by atoms with Gasteiger partial charge in [-0.2, -0.15) is 0 Å². The lowest BCUT2D eigenvalue weighted by Crippen LogP contribution is -2.14. The Morgan fingerprint density at radius 1 is 1.67 bits per heavy atom. The molecule has 12 heavy (non-hydrogen) atoms. The van der Waals surface area contributed by atoms with Crippen LogP contribution in [-0.2, 0) is 13.0 Å². The first-order valence-electron chi connectivity index (χ1n) is 4.22. The maximum absolute atomic E-state index is 11.6. The molecular formula is C9H11NOS. The van der Waals surface area contributed by atoms with Crippen LogP contribution < -0.4 is 5.56 Å². The number of hydrogen-bond donors (Lipinski definition) is 0. The fourth-order valence-corrected chi connectivity index (χ4v) is 2.48. The van der Waals surface area contributed by atoms with E-state index in [0.29, 0.717) is 0 Å². The van der Waals surface area contributed by atoms with Crippen LogP contribution in [-0.4, -0.2) is 3.96 Å². The van der Waals surface area contributed by atoms with Crippen LogP contribution in [0.15, 0.2) is 10.9 Å². The maximum atomic E-state index is 11.6. The topological polar surface area (TPSA) is 22.0 Å². The lowest BCUT2D eigenvalue weighted by atomic mass is 10.1. The summed E-state index contributed by atoms with van der Waals surface area (Å²) in [4.78, 5) is 12.8. The highest BCUT2D eigenvalue weighted by atomic mass is 32.1. The molecule has 1 aromatic rings. The Morgan fingerprint density at radius 3 is 3.17 bits per heavy atom. The zero-order valence-electron chi connectivity index (χ0n) is 7.04. The van der Waals surface area contributed by atoms with Gasteiger partial charge in [-0.1, -0.05) is 23.7 Å². The molecule has 2 rings (SSSR count). The second-order valence-electron chi connectivity index (χ2n) is 2.87. The van der Waals surface area contributed by atoms with Crippen LogP contribution >= 0.6 is 11.5 Å². The van der Waals surface area contributed by atoms with Crippen molar-refractivity contribution in [3.8, 4) is 0 Å². The molecule has 3 heteroatoms. The van der Waals surface area contributed by atoms with E-state index in [1.807, 2.05) is 17.0 Å². The van der Waals surface area contributed by atoms with Crippen molar-refractivity contribution in [3.63, 3.8) is 0 Å². The summed E-state index contributed by atoms with van der Waals surface area (Å²) in [6.07, 6.45) is 6.16. The third-order valence-corrected chi connectivity index (χ3v) is 3.38. The molecule has 0 unspecified atom stereocenters. The summed E-state index contributed by atoms with van der Waals surface area (Å²) >= 11 is 1.61. The van der Waals surface area contributed by atoms with Gasteiger partial charge < -0.3 is 0 Å². The maximum Gasteiger partial charge on any atom is 0.268 e. The smallest absolute Gasteiger partial charge is 0.268 e. The van der Waals surface area contributed by atoms with E-state index in [2.05, 4.69) is 6.08 Å². The molecule has 0 aliphatic heterocycles. The molecule has 0 saturated heterocycles. The van der Waals surface area contributed by atoms with Crippen LogP contribution in [0.4, 0.5) is 0 Å². The SMILES string of the molecule is CCn1sc2c(c1=O)C=CCC2. The number of nitrogens with zero attached hydrogens (tertiary/aromatic N) is 1. The first kappa shape index (κ1) is 7.80. The van der Waals surface area contributed by atoms with Crippen LogP contribution in [0.2, 0.25) is 0 Å². The van der Waals surface area contributed by atoms with Crippen LogP contribution in [0.3, 0.4) is 0 Å². The van der Waals surface area contributed by atoms with E-state index in [0.717, 1.165) is 24.9 Å². The van der Waals surface area contributed by atoms with E-state index < -0.39 is 0 Å². The van der Waals surface area contributed by atoms with Crippen molar-refractivity contribution in [1.82, 2.24) is 3.96 Å². The van der Waals surface area contributed by atoms with Crippen molar-refractivity contribution in [1.29, 1.82) is 0 Å². The molecule has 1 aliphatic carbocycles. The highest BCUT2D eigenvalue weighted by Gasteiger charge is 2.13. The lowest BCUT2D eigenvalue weighted by molar-refractivity contribution is 0.808. The molecule has 0 saturated carbocycles. The van der Waals surface area contributed by atoms with Crippen molar-refractivity contribution < 1.29 is 0 Å². The average molecular weight is 181 g/mol. The molecule has 0 amide bonds. The van der Waals surface area contributed by atoms with Gasteiger partial charge in [-0.05, 0) is 19.8 Å². The number of allylic oxidation sites excluding steroid dienone is 1. The lowest BCUT2D eigenvalue weighted by Gasteiger charge is -1.99. The molecule has 0 atom stereocenters. The van der Waals surface area contributed by atoms with E-state index in [4.69, 9.17) is 0 Å². The Morgan fingerprint density at radius 2 is 2.50 bits per heavy atom. The minimum absolute atomic E-state index is 0.188. The molecule has 0 bridgehead atoms. The summed E-state index contributed by atoms with van der Waals surface area (Å²) in [5.41, 5.74) is 1.11. The summed E-state index contributed by atoms with van der Waals surface area (Å²) in [7, 11) is 0. The minimum atomic E-state index is 0.188. The van der Waals surface area contributed by atoms with E-state index in [1.54, 1.807) is 11.5 Å². The van der Waals surface area contributed by atoms with Crippen LogP contribution in [0.25, 0.3) is 6.08 Å². The van der Waals surface area contributed by atoms with E-state index in [-0.39, 0.29) is 5.56 Å². The molecule has 0 radical (unpaired) electrons. The Labute approximate surface area is 75.3 Å². The molecule has 64 valence electrons. The normalized spacial score (nSPS) is 14.8. The Bertz CT molecular complexity index is 372. The number of hydrogen-bond acceptors (Lipinski definition) is 2. The zero-order chi connectivity index (χ0) is 8.55. The minimum Gasteiger partial charge on any atom is -0.268 e. The quantitative estimate of drug-likeness (QED) is 0.648. The van der Waals surface area contributed by atoms with E-state index in [1.165, 1.54) is 4.88 Å². The third-order valence-electron chi connectivity index (χ3n) is 2.09. The predicted molar refractivity (Wildman–Crippen MR) is 51.6 cm³/mol. The van der Waals surface area contributed by atoms with Gasteiger partial charge >= 0.3 is 0 Å². The van der Waals surface area contributed by atoms with Gasteiger partial charge in [0.2, 0.25) is 0 Å². The Hall–Kier alpha value is -0.830. The fourth-order valence-electron chi connectivity index (χ4n) is 1.45. The first-order valence-corrected chi connectivity index (χ1v) is 4.99. The molecule has 0 spiro atoms. The highest BCUT2D eigenvalue weighted by molar-refractivity contribution is 7.06. The fraction of sp³-hybridized carbons (Fsp3) is 0.444. The van der Waals surface area contributed by atoms with Crippen LogP contribution in [0.1, 0.15) is 23.8 Å². The van der Waals surface area contributed by atoms with Crippen molar-refractivity contribution in [2.75, 3.05) is 0 Å². The number of aryl methyl sites for hydroxylation is 2. The van der Waals surface area contributed by atoms with Crippen molar-refractivity contribution in [2.45, 2.75) is 26.3 Å². The van der Waals surface area contributed by atoms with Crippen molar-refractivity contribution in [3.05, 3.63) is 26.9 Å². The molecule has 2 nitrogen and oxygen atoms in total. The second kappa shape index (κ2) is 2.90. The summed E-state index contributed by atoms with van der Waals surface area (Å²) in [6.45, 7) is 2.80.